The molecule has 1 saturated carbocycles. The van der Waals surface area contributed by atoms with E-state index in [1.165, 1.54) is 11.1 Å². The van der Waals surface area contributed by atoms with Crippen LogP contribution in [-0.2, 0) is 9.53 Å². The van der Waals surface area contributed by atoms with E-state index in [1.54, 1.807) is 0 Å². The van der Waals surface area contributed by atoms with Crippen LogP contribution in [0.3, 0.4) is 0 Å². The number of fused-ring (bicyclic) bond motifs is 3. The molecular formula is C15H20O3. The van der Waals surface area contributed by atoms with Crippen LogP contribution in [-0.4, -0.2) is 23.3 Å². The third kappa shape index (κ3) is 1.50. The molecule has 1 aliphatic heterocycles. The van der Waals surface area contributed by atoms with Gasteiger partial charge in [-0.1, -0.05) is 30.7 Å². The third-order valence-electron chi connectivity index (χ3n) is 5.03. The zero-order valence-electron chi connectivity index (χ0n) is 10.9. The molecule has 0 aromatic rings. The predicted octanol–water partition coefficient (Wildman–Crippen LogP) is 2.07. The Bertz CT molecular complexity index is 437. The van der Waals surface area contributed by atoms with Crippen molar-refractivity contribution in [2.24, 2.45) is 23.7 Å². The number of aliphatic hydroxyl groups is 1. The van der Waals surface area contributed by atoms with Crippen molar-refractivity contribution in [2.45, 2.75) is 38.9 Å². The van der Waals surface area contributed by atoms with Crippen molar-refractivity contribution < 1.29 is 14.6 Å². The molecule has 3 aliphatic rings. The second-order valence-electron chi connectivity index (χ2n) is 6.00. The number of hydrogen-bond acceptors (Lipinski definition) is 3. The minimum Gasteiger partial charge on any atom is -0.461 e. The second kappa shape index (κ2) is 3.95. The van der Waals surface area contributed by atoms with Crippen LogP contribution in [0.2, 0.25) is 0 Å². The predicted molar refractivity (Wildman–Crippen MR) is 67.7 cm³/mol. The van der Waals surface area contributed by atoms with E-state index in [0.29, 0.717) is 5.92 Å². The molecule has 0 radical (unpaired) electrons. The molecule has 1 N–H and O–H groups in total. The molecule has 2 fully saturated rings. The molecular weight excluding hydrogens is 228 g/mol. The highest BCUT2D eigenvalue weighted by atomic mass is 16.6. The Morgan fingerprint density at radius 2 is 2.22 bits per heavy atom. The molecule has 0 aromatic heterocycles. The lowest BCUT2D eigenvalue weighted by Crippen LogP contribution is -2.35. The maximum absolute atomic E-state index is 11.8. The number of rotatable bonds is 0. The van der Waals surface area contributed by atoms with Gasteiger partial charge in [-0.25, -0.2) is 0 Å². The average molecular weight is 248 g/mol. The molecule has 3 nitrogen and oxygen atoms in total. The fraction of sp³-hybridized carbons (Fsp3) is 0.667. The number of esters is 1. The first-order chi connectivity index (χ1) is 8.50. The molecule has 98 valence electrons. The Hall–Kier alpha value is -1.09. The van der Waals surface area contributed by atoms with E-state index < -0.39 is 6.10 Å². The van der Waals surface area contributed by atoms with Gasteiger partial charge >= 0.3 is 5.97 Å². The molecule has 3 rings (SSSR count). The lowest BCUT2D eigenvalue weighted by atomic mass is 9.78. The topological polar surface area (TPSA) is 46.5 Å². The summed E-state index contributed by atoms with van der Waals surface area (Å²) in [6.07, 6.45) is 3.24. The van der Waals surface area contributed by atoms with Gasteiger partial charge in [0.25, 0.3) is 0 Å². The van der Waals surface area contributed by atoms with Crippen molar-refractivity contribution in [3.8, 4) is 0 Å². The van der Waals surface area contributed by atoms with Gasteiger partial charge in [0.05, 0.1) is 12.0 Å². The number of aliphatic hydroxyl groups excluding tert-OH is 1. The monoisotopic (exact) mass is 248 g/mol. The van der Waals surface area contributed by atoms with Crippen molar-refractivity contribution in [1.29, 1.82) is 0 Å². The summed E-state index contributed by atoms with van der Waals surface area (Å²) in [7, 11) is 0. The molecule has 0 amide bonds. The summed E-state index contributed by atoms with van der Waals surface area (Å²) in [5.41, 5.74) is 2.41. The fourth-order valence-corrected chi connectivity index (χ4v) is 4.01. The highest BCUT2D eigenvalue weighted by Gasteiger charge is 2.53. The molecule has 18 heavy (non-hydrogen) atoms. The minimum absolute atomic E-state index is 0.114. The van der Waals surface area contributed by atoms with Gasteiger partial charge in [-0.05, 0) is 25.7 Å². The SMILES string of the molecule is C=C1CC[C@H]2C(C)=C[C@H](O)[C@H]3[C@@H](OC(=O)[C@@H]3C)[C@@H]12. The van der Waals surface area contributed by atoms with Crippen LogP contribution in [0.15, 0.2) is 23.8 Å². The van der Waals surface area contributed by atoms with Crippen LogP contribution in [0, 0.1) is 23.7 Å². The normalized spacial score (nSPS) is 47.2. The summed E-state index contributed by atoms with van der Waals surface area (Å²) in [5, 5.41) is 10.3. The van der Waals surface area contributed by atoms with Crippen LogP contribution in [0.25, 0.3) is 0 Å². The van der Waals surface area contributed by atoms with Gasteiger partial charge in [-0.2, -0.15) is 0 Å². The van der Waals surface area contributed by atoms with Crippen molar-refractivity contribution in [3.63, 3.8) is 0 Å². The summed E-state index contributed by atoms with van der Waals surface area (Å²) in [6.45, 7) is 8.08. The standard InChI is InChI=1S/C15H20O3/c1-7-4-5-10-8(2)6-11(16)13-9(3)15(17)18-14(13)12(7)10/h6,9-14,16H,1,4-5H2,2-3H3/t9-,10+,11+,12+,13+,14+/m1/s1. The highest BCUT2D eigenvalue weighted by Crippen LogP contribution is 2.50. The van der Waals surface area contributed by atoms with Crippen LogP contribution < -0.4 is 0 Å². The Balaban J connectivity index is 2.05. The molecule has 1 saturated heterocycles. The number of carbonyl (C=O) groups excluding carboxylic acids is 1. The molecule has 0 unspecified atom stereocenters. The van der Waals surface area contributed by atoms with E-state index in [0.717, 1.165) is 12.8 Å². The van der Waals surface area contributed by atoms with Crippen molar-refractivity contribution in [2.75, 3.05) is 0 Å². The van der Waals surface area contributed by atoms with Crippen molar-refractivity contribution >= 4 is 5.97 Å². The van der Waals surface area contributed by atoms with Gasteiger partial charge in [-0.3, -0.25) is 4.79 Å². The Morgan fingerprint density at radius 3 is 2.94 bits per heavy atom. The molecule has 2 aliphatic carbocycles. The summed E-state index contributed by atoms with van der Waals surface area (Å²) < 4.78 is 5.57. The first kappa shape index (κ1) is 12.0. The molecule has 0 spiro atoms. The van der Waals surface area contributed by atoms with Crippen LogP contribution >= 0.6 is 0 Å². The van der Waals surface area contributed by atoms with Gasteiger partial charge in [0.1, 0.15) is 6.10 Å². The lowest BCUT2D eigenvalue weighted by molar-refractivity contribution is -0.145. The Morgan fingerprint density at radius 1 is 1.50 bits per heavy atom. The quantitative estimate of drug-likeness (QED) is 0.527. The zero-order valence-corrected chi connectivity index (χ0v) is 10.9. The number of ether oxygens (including phenoxy) is 1. The Labute approximate surface area is 108 Å². The van der Waals surface area contributed by atoms with E-state index in [1.807, 2.05) is 13.0 Å². The summed E-state index contributed by atoms with van der Waals surface area (Å²) in [6, 6.07) is 0. The highest BCUT2D eigenvalue weighted by molar-refractivity contribution is 5.75. The lowest BCUT2D eigenvalue weighted by Gasteiger charge is -2.28. The first-order valence-corrected chi connectivity index (χ1v) is 6.75. The molecule has 3 heteroatoms. The molecule has 0 bridgehead atoms. The van der Waals surface area contributed by atoms with Gasteiger partial charge in [0.2, 0.25) is 0 Å². The van der Waals surface area contributed by atoms with E-state index in [-0.39, 0.29) is 29.8 Å². The van der Waals surface area contributed by atoms with Gasteiger partial charge in [0, 0.05) is 11.8 Å². The summed E-state index contributed by atoms with van der Waals surface area (Å²) in [5.74, 6) is 0.0894. The summed E-state index contributed by atoms with van der Waals surface area (Å²) >= 11 is 0. The van der Waals surface area contributed by atoms with Crippen LogP contribution in [0.5, 0.6) is 0 Å². The number of allylic oxidation sites excluding steroid dienone is 1. The number of hydrogen-bond donors (Lipinski definition) is 1. The fourth-order valence-electron chi connectivity index (χ4n) is 4.01. The van der Waals surface area contributed by atoms with Gasteiger partial charge < -0.3 is 9.84 Å². The van der Waals surface area contributed by atoms with Gasteiger partial charge in [0.15, 0.2) is 0 Å². The summed E-state index contributed by atoms with van der Waals surface area (Å²) in [4.78, 5) is 11.8. The third-order valence-corrected chi connectivity index (χ3v) is 5.03. The minimum atomic E-state index is -0.574. The largest absolute Gasteiger partial charge is 0.461 e. The molecule has 0 aromatic carbocycles. The first-order valence-electron chi connectivity index (χ1n) is 6.75. The Kier molecular flexibility index (Phi) is 2.63. The van der Waals surface area contributed by atoms with Gasteiger partial charge in [-0.15, -0.1) is 0 Å². The second-order valence-corrected chi connectivity index (χ2v) is 6.00. The van der Waals surface area contributed by atoms with Crippen molar-refractivity contribution in [3.05, 3.63) is 23.8 Å². The maximum atomic E-state index is 11.8. The van der Waals surface area contributed by atoms with E-state index in [9.17, 15) is 9.90 Å². The van der Waals surface area contributed by atoms with E-state index in [4.69, 9.17) is 4.74 Å². The smallest absolute Gasteiger partial charge is 0.309 e. The van der Waals surface area contributed by atoms with Crippen LogP contribution in [0.4, 0.5) is 0 Å². The molecule has 1 heterocycles. The van der Waals surface area contributed by atoms with E-state index >= 15 is 0 Å². The maximum Gasteiger partial charge on any atom is 0.309 e. The van der Waals surface area contributed by atoms with Crippen LogP contribution in [0.1, 0.15) is 26.7 Å². The van der Waals surface area contributed by atoms with Crippen molar-refractivity contribution in [1.82, 2.24) is 0 Å². The van der Waals surface area contributed by atoms with E-state index in [2.05, 4.69) is 13.5 Å². The molecule has 6 atom stereocenters. The average Bonchev–Trinajstić information content (AvgIpc) is 2.77. The zero-order chi connectivity index (χ0) is 13.0. The number of carbonyl (C=O) groups is 1.